The first kappa shape index (κ1) is 20.5. The van der Waals surface area contributed by atoms with Gasteiger partial charge in [-0.1, -0.05) is 24.3 Å². The number of fused-ring (bicyclic) bond motifs is 5. The Labute approximate surface area is 180 Å². The molecule has 1 unspecified atom stereocenters. The third-order valence-corrected chi connectivity index (χ3v) is 6.35. The Hall–Kier alpha value is -3.43. The van der Waals surface area contributed by atoms with Crippen LogP contribution in [0.4, 0.5) is 28.0 Å². The van der Waals surface area contributed by atoms with E-state index < -0.39 is 54.4 Å². The number of likely N-dealkylation sites (tertiary alicyclic amines) is 1. The van der Waals surface area contributed by atoms with Crippen LogP contribution in [0.5, 0.6) is 0 Å². The second-order valence-corrected chi connectivity index (χ2v) is 8.06. The number of alkyl halides is 4. The maximum Gasteiger partial charge on any atom is 0.416 e. The molecule has 32 heavy (non-hydrogen) atoms. The minimum absolute atomic E-state index is 0.163. The first-order chi connectivity index (χ1) is 15.2. The molecule has 2 aromatic carbocycles. The van der Waals surface area contributed by atoms with Gasteiger partial charge in [0.1, 0.15) is 12.7 Å². The topological polar surface area (TPSA) is 60.9 Å². The summed E-state index contributed by atoms with van der Waals surface area (Å²) in [6.45, 7) is -0.643. The molecule has 0 radical (unpaired) electrons. The van der Waals surface area contributed by atoms with Crippen LogP contribution in [0.1, 0.15) is 27.9 Å². The minimum atomic E-state index is -4.62. The van der Waals surface area contributed by atoms with Gasteiger partial charge in [-0.3, -0.25) is 9.59 Å². The summed E-state index contributed by atoms with van der Waals surface area (Å²) in [5.74, 6) is -1.10. The highest BCUT2D eigenvalue weighted by Crippen LogP contribution is 2.43. The maximum absolute atomic E-state index is 13.3. The van der Waals surface area contributed by atoms with E-state index in [9.17, 15) is 31.9 Å². The molecule has 0 aliphatic carbocycles. The van der Waals surface area contributed by atoms with Crippen LogP contribution in [0.3, 0.4) is 0 Å². The highest BCUT2D eigenvalue weighted by Gasteiger charge is 2.63. The smallest absolute Gasteiger partial charge is 0.331 e. The van der Waals surface area contributed by atoms with Gasteiger partial charge in [-0.05, 0) is 36.2 Å². The van der Waals surface area contributed by atoms with Gasteiger partial charge in [-0.25, -0.2) is 14.1 Å². The fraction of sp³-hybridized carbons (Fsp3) is 0.318. The number of halogens is 4. The summed E-state index contributed by atoms with van der Waals surface area (Å²) in [7, 11) is 0. The van der Waals surface area contributed by atoms with E-state index in [1.165, 1.54) is 28.0 Å². The van der Waals surface area contributed by atoms with Crippen molar-refractivity contribution >= 4 is 23.5 Å². The predicted molar refractivity (Wildman–Crippen MR) is 104 cm³/mol. The van der Waals surface area contributed by atoms with Crippen molar-refractivity contribution in [1.82, 2.24) is 9.80 Å². The van der Waals surface area contributed by atoms with Crippen molar-refractivity contribution in [2.45, 2.75) is 37.4 Å². The van der Waals surface area contributed by atoms with Gasteiger partial charge in [0.15, 0.2) is 0 Å². The minimum Gasteiger partial charge on any atom is -0.331 e. The Morgan fingerprint density at radius 1 is 1.06 bits per heavy atom. The molecule has 2 bridgehead atoms. The third kappa shape index (κ3) is 2.89. The van der Waals surface area contributed by atoms with E-state index in [0.29, 0.717) is 6.42 Å². The average molecular weight is 447 g/mol. The lowest BCUT2D eigenvalue weighted by Gasteiger charge is -2.35. The molecule has 166 valence electrons. The van der Waals surface area contributed by atoms with Gasteiger partial charge >= 0.3 is 12.2 Å². The van der Waals surface area contributed by atoms with Gasteiger partial charge in [0.05, 0.1) is 23.3 Å². The van der Waals surface area contributed by atoms with Crippen LogP contribution < -0.4 is 4.90 Å². The van der Waals surface area contributed by atoms with Crippen LogP contribution in [0.15, 0.2) is 48.5 Å². The molecule has 10 heteroatoms. The largest absolute Gasteiger partial charge is 0.416 e. The maximum atomic E-state index is 13.3. The number of hydrogen-bond acceptors (Lipinski definition) is 3. The molecule has 3 fully saturated rings. The van der Waals surface area contributed by atoms with Crippen molar-refractivity contribution < 1.29 is 31.9 Å². The van der Waals surface area contributed by atoms with Gasteiger partial charge in [-0.2, -0.15) is 13.2 Å². The van der Waals surface area contributed by atoms with Crippen molar-refractivity contribution in [3.63, 3.8) is 0 Å². The number of urea groups is 1. The number of anilines is 1. The molecule has 3 atom stereocenters. The van der Waals surface area contributed by atoms with E-state index in [2.05, 4.69) is 0 Å². The van der Waals surface area contributed by atoms with E-state index in [1.54, 1.807) is 12.1 Å². The quantitative estimate of drug-likeness (QED) is 0.534. The van der Waals surface area contributed by atoms with E-state index in [1.807, 2.05) is 0 Å². The van der Waals surface area contributed by atoms with Crippen molar-refractivity contribution in [3.8, 4) is 0 Å². The van der Waals surface area contributed by atoms with E-state index in [-0.39, 0.29) is 23.4 Å². The Bertz CT molecular complexity index is 1140. The summed E-state index contributed by atoms with van der Waals surface area (Å²) in [4.78, 5) is 42.8. The van der Waals surface area contributed by atoms with Crippen LogP contribution in [-0.2, 0) is 17.6 Å². The lowest BCUT2D eigenvalue weighted by atomic mass is 10.0. The van der Waals surface area contributed by atoms with Crippen LogP contribution in [0.25, 0.3) is 0 Å². The van der Waals surface area contributed by atoms with E-state index >= 15 is 0 Å². The highest BCUT2D eigenvalue weighted by molar-refractivity contribution is 6.22. The van der Waals surface area contributed by atoms with Crippen molar-refractivity contribution in [2.24, 2.45) is 0 Å². The second-order valence-electron chi connectivity index (χ2n) is 8.06. The first-order valence-electron chi connectivity index (χ1n) is 10.0. The predicted octanol–water partition coefficient (Wildman–Crippen LogP) is 3.61. The van der Waals surface area contributed by atoms with Gasteiger partial charge in [0.2, 0.25) is 0 Å². The molecule has 5 rings (SSSR count). The lowest BCUT2D eigenvalue weighted by molar-refractivity contribution is -0.137. The molecular formula is C22H17F4N3O3. The van der Waals surface area contributed by atoms with Crippen molar-refractivity contribution in [3.05, 3.63) is 65.2 Å². The molecule has 0 aromatic heterocycles. The number of rotatable bonds is 3. The third-order valence-electron chi connectivity index (χ3n) is 6.35. The molecule has 0 N–H and O–H groups in total. The number of carbonyl (C=O) groups is 3. The molecule has 0 spiro atoms. The van der Waals surface area contributed by atoms with Crippen molar-refractivity contribution in [2.75, 3.05) is 11.4 Å². The van der Waals surface area contributed by atoms with Crippen LogP contribution in [0.2, 0.25) is 0 Å². The standard InChI is InChI=1S/C22H17F4N3O3/c23-10-12-4-1-2-7-16(12)19(30)27-11-15-9-17(27)18-20(31)29(21(32)28(15)18)14-6-3-5-13(8-14)22(24,25)26/h1-8,15,17-18H,9-11H2/t15?,17-,18-/m1/s1. The van der Waals surface area contributed by atoms with E-state index in [0.717, 1.165) is 23.1 Å². The molecule has 3 saturated heterocycles. The number of piperazine rings is 1. The number of nitrogens with zero attached hydrogens (tertiary/aromatic N) is 3. The number of benzene rings is 2. The lowest BCUT2D eigenvalue weighted by Crippen LogP contribution is -2.55. The van der Waals surface area contributed by atoms with Crippen molar-refractivity contribution in [1.29, 1.82) is 0 Å². The van der Waals surface area contributed by atoms with Crippen LogP contribution >= 0.6 is 0 Å². The number of hydrogen-bond donors (Lipinski definition) is 0. The summed E-state index contributed by atoms with van der Waals surface area (Å²) in [6, 6.07) is 7.58. The molecular weight excluding hydrogens is 430 g/mol. The molecule has 0 saturated carbocycles. The van der Waals surface area contributed by atoms with Gasteiger partial charge in [0, 0.05) is 12.1 Å². The molecule has 3 heterocycles. The zero-order chi connectivity index (χ0) is 22.8. The first-order valence-corrected chi connectivity index (χ1v) is 10.0. The molecule has 3 aliphatic rings. The highest BCUT2D eigenvalue weighted by atomic mass is 19.4. The fourth-order valence-corrected chi connectivity index (χ4v) is 4.95. The fourth-order valence-electron chi connectivity index (χ4n) is 4.95. The second kappa shape index (κ2) is 7.04. The Morgan fingerprint density at radius 3 is 2.53 bits per heavy atom. The summed E-state index contributed by atoms with van der Waals surface area (Å²) in [5, 5.41) is 0. The molecule has 2 aromatic rings. The number of imide groups is 1. The Balaban J connectivity index is 1.45. The summed E-state index contributed by atoms with van der Waals surface area (Å²) < 4.78 is 52.7. The molecule has 6 nitrogen and oxygen atoms in total. The van der Waals surface area contributed by atoms with Gasteiger partial charge < -0.3 is 9.80 Å². The summed E-state index contributed by atoms with van der Waals surface area (Å²) in [5.41, 5.74) is -0.702. The van der Waals surface area contributed by atoms with Crippen LogP contribution in [0, 0.1) is 0 Å². The molecule has 4 amide bonds. The molecule has 3 aliphatic heterocycles. The monoisotopic (exact) mass is 447 g/mol. The van der Waals surface area contributed by atoms with Crippen LogP contribution in [-0.4, -0.2) is 52.3 Å². The summed E-state index contributed by atoms with van der Waals surface area (Å²) >= 11 is 0. The Morgan fingerprint density at radius 2 is 1.81 bits per heavy atom. The zero-order valence-corrected chi connectivity index (χ0v) is 16.6. The normalized spacial score (nSPS) is 24.5. The Kier molecular flexibility index (Phi) is 4.51. The SMILES string of the molecule is O=C1[C@H]2[C@H]3CC(CN3C(=O)c3ccccc3CF)N2C(=O)N1c1cccc(C(F)(F)F)c1. The van der Waals surface area contributed by atoms with Gasteiger partial charge in [-0.15, -0.1) is 0 Å². The summed E-state index contributed by atoms with van der Waals surface area (Å²) in [6.07, 6.45) is -4.23. The number of amides is 4. The van der Waals surface area contributed by atoms with Gasteiger partial charge in [0.25, 0.3) is 11.8 Å². The zero-order valence-electron chi connectivity index (χ0n) is 16.6. The number of carbonyl (C=O) groups excluding carboxylic acids is 3. The average Bonchev–Trinajstić information content (AvgIpc) is 3.44. The van der Waals surface area contributed by atoms with E-state index in [4.69, 9.17) is 0 Å².